The summed E-state index contributed by atoms with van der Waals surface area (Å²) >= 11 is 0. The fourth-order valence-electron chi connectivity index (χ4n) is 2.13. The Hall–Kier alpha value is -2.13. The van der Waals surface area contributed by atoms with E-state index in [1.807, 2.05) is 30.3 Å². The summed E-state index contributed by atoms with van der Waals surface area (Å²) < 4.78 is 0. The molecule has 110 valence electrons. The molecule has 0 saturated carbocycles. The highest BCUT2D eigenvalue weighted by molar-refractivity contribution is 5.92. The number of amides is 1. The minimum Gasteiger partial charge on any atom is -0.325 e. The largest absolute Gasteiger partial charge is 0.325 e. The molecule has 21 heavy (non-hydrogen) atoms. The first-order valence-electron chi connectivity index (χ1n) is 7.36. The highest BCUT2D eigenvalue weighted by Gasteiger charge is 2.07. The molecular formula is C18H22N2O. The van der Waals surface area contributed by atoms with Crippen LogP contribution in [0.5, 0.6) is 0 Å². The van der Waals surface area contributed by atoms with Gasteiger partial charge in [-0.2, -0.15) is 0 Å². The summed E-state index contributed by atoms with van der Waals surface area (Å²) in [5.41, 5.74) is 3.34. The molecule has 2 rings (SSSR count). The lowest BCUT2D eigenvalue weighted by Gasteiger charge is -2.14. The van der Waals surface area contributed by atoms with Crippen molar-refractivity contribution in [3.05, 3.63) is 65.7 Å². The molecular weight excluding hydrogens is 260 g/mol. The maximum Gasteiger partial charge on any atom is 0.238 e. The summed E-state index contributed by atoms with van der Waals surface area (Å²) in [7, 11) is 0. The Kier molecular flexibility index (Phi) is 5.52. The van der Waals surface area contributed by atoms with E-state index < -0.39 is 0 Å². The molecule has 0 aliphatic heterocycles. The molecule has 1 amide bonds. The zero-order chi connectivity index (χ0) is 15.1. The van der Waals surface area contributed by atoms with E-state index >= 15 is 0 Å². The third-order valence-electron chi connectivity index (χ3n) is 3.51. The molecule has 3 nitrogen and oxygen atoms in total. The second-order valence-electron chi connectivity index (χ2n) is 5.11. The van der Waals surface area contributed by atoms with Crippen LogP contribution in [0.3, 0.4) is 0 Å². The number of hydrogen-bond acceptors (Lipinski definition) is 2. The van der Waals surface area contributed by atoms with Crippen molar-refractivity contribution in [2.24, 2.45) is 0 Å². The zero-order valence-electron chi connectivity index (χ0n) is 12.6. The van der Waals surface area contributed by atoms with Gasteiger partial charge in [-0.25, -0.2) is 0 Å². The highest BCUT2D eigenvalue weighted by atomic mass is 16.1. The van der Waals surface area contributed by atoms with Crippen molar-refractivity contribution in [2.45, 2.75) is 26.3 Å². The summed E-state index contributed by atoms with van der Waals surface area (Å²) in [5, 5.41) is 6.11. The van der Waals surface area contributed by atoms with E-state index in [1.54, 1.807) is 0 Å². The molecule has 1 unspecified atom stereocenters. The standard InChI is InChI=1S/C18H22N2O/c1-3-15-9-11-16(12-10-15)14(2)19-13-18(21)20-17-7-5-4-6-8-17/h4-12,14,19H,3,13H2,1-2H3,(H,20,21). The molecule has 0 spiro atoms. The quantitative estimate of drug-likeness (QED) is 0.851. The minimum atomic E-state index is -0.0294. The SMILES string of the molecule is CCc1ccc(C(C)NCC(=O)Nc2ccccc2)cc1. The number of hydrogen-bond donors (Lipinski definition) is 2. The van der Waals surface area contributed by atoms with Gasteiger partial charge in [0.25, 0.3) is 0 Å². The topological polar surface area (TPSA) is 41.1 Å². The van der Waals surface area contributed by atoms with Gasteiger partial charge in [0.2, 0.25) is 5.91 Å². The van der Waals surface area contributed by atoms with Crippen molar-refractivity contribution in [2.75, 3.05) is 11.9 Å². The van der Waals surface area contributed by atoms with Gasteiger partial charge in [0.15, 0.2) is 0 Å². The summed E-state index contributed by atoms with van der Waals surface area (Å²) in [4.78, 5) is 11.9. The fourth-order valence-corrected chi connectivity index (χ4v) is 2.13. The first-order valence-corrected chi connectivity index (χ1v) is 7.36. The number of benzene rings is 2. The molecule has 0 radical (unpaired) electrons. The van der Waals surface area contributed by atoms with Crippen LogP contribution >= 0.6 is 0 Å². The van der Waals surface area contributed by atoms with Gasteiger partial charge in [-0.05, 0) is 36.6 Å². The van der Waals surface area contributed by atoms with Crippen LogP contribution in [0.15, 0.2) is 54.6 Å². The Labute approximate surface area is 126 Å². The van der Waals surface area contributed by atoms with Crippen LogP contribution in [0, 0.1) is 0 Å². The molecule has 0 aromatic heterocycles. The Morgan fingerprint density at radius 1 is 1.05 bits per heavy atom. The van der Waals surface area contributed by atoms with Crippen LogP contribution in [-0.4, -0.2) is 12.5 Å². The molecule has 0 saturated heterocycles. The Morgan fingerprint density at radius 3 is 2.33 bits per heavy atom. The van der Waals surface area contributed by atoms with Crippen molar-refractivity contribution in [1.29, 1.82) is 0 Å². The van der Waals surface area contributed by atoms with Crippen LogP contribution in [0.2, 0.25) is 0 Å². The predicted octanol–water partition coefficient (Wildman–Crippen LogP) is 3.54. The van der Waals surface area contributed by atoms with Gasteiger partial charge in [-0.15, -0.1) is 0 Å². The maximum absolute atomic E-state index is 11.9. The first-order chi connectivity index (χ1) is 10.2. The van der Waals surface area contributed by atoms with Crippen LogP contribution in [0.25, 0.3) is 0 Å². The highest BCUT2D eigenvalue weighted by Crippen LogP contribution is 2.13. The number of carbonyl (C=O) groups is 1. The van der Waals surface area contributed by atoms with Crippen LogP contribution in [-0.2, 0) is 11.2 Å². The minimum absolute atomic E-state index is 0.0294. The number of rotatable bonds is 6. The normalized spacial score (nSPS) is 11.9. The molecule has 0 heterocycles. The van der Waals surface area contributed by atoms with Crippen LogP contribution < -0.4 is 10.6 Å². The fraction of sp³-hybridized carbons (Fsp3) is 0.278. The van der Waals surface area contributed by atoms with Crippen molar-refractivity contribution in [3.63, 3.8) is 0 Å². The van der Waals surface area contributed by atoms with Gasteiger partial charge < -0.3 is 10.6 Å². The molecule has 3 heteroatoms. The summed E-state index contributed by atoms with van der Waals surface area (Å²) in [6, 6.07) is 18.2. The number of para-hydroxylation sites is 1. The molecule has 2 N–H and O–H groups in total. The molecule has 0 fully saturated rings. The number of anilines is 1. The van der Waals surface area contributed by atoms with Gasteiger partial charge in [0.1, 0.15) is 0 Å². The summed E-state index contributed by atoms with van der Waals surface area (Å²) in [5.74, 6) is -0.0294. The van der Waals surface area contributed by atoms with Gasteiger partial charge in [0.05, 0.1) is 6.54 Å². The monoisotopic (exact) mass is 282 g/mol. The summed E-state index contributed by atoms with van der Waals surface area (Å²) in [6.07, 6.45) is 1.04. The van der Waals surface area contributed by atoms with Crippen molar-refractivity contribution >= 4 is 11.6 Å². The van der Waals surface area contributed by atoms with E-state index in [1.165, 1.54) is 11.1 Å². The van der Waals surface area contributed by atoms with Gasteiger partial charge in [-0.3, -0.25) is 4.79 Å². The van der Waals surface area contributed by atoms with E-state index in [9.17, 15) is 4.79 Å². The second kappa shape index (κ2) is 7.60. The lowest BCUT2D eigenvalue weighted by Crippen LogP contribution is -2.30. The number of nitrogens with one attached hydrogen (secondary N) is 2. The molecule has 0 bridgehead atoms. The van der Waals surface area contributed by atoms with Crippen molar-refractivity contribution < 1.29 is 4.79 Å². The average Bonchev–Trinajstić information content (AvgIpc) is 2.53. The number of aryl methyl sites for hydroxylation is 1. The predicted molar refractivity (Wildman–Crippen MR) is 87.3 cm³/mol. The van der Waals surface area contributed by atoms with Gasteiger partial charge in [0, 0.05) is 11.7 Å². The third kappa shape index (κ3) is 4.72. The van der Waals surface area contributed by atoms with E-state index in [0.717, 1.165) is 12.1 Å². The third-order valence-corrected chi connectivity index (χ3v) is 3.51. The maximum atomic E-state index is 11.9. The van der Waals surface area contributed by atoms with E-state index in [-0.39, 0.29) is 11.9 Å². The number of carbonyl (C=O) groups excluding carboxylic acids is 1. The Morgan fingerprint density at radius 2 is 1.71 bits per heavy atom. The average molecular weight is 282 g/mol. The van der Waals surface area contributed by atoms with E-state index in [2.05, 4.69) is 48.7 Å². The van der Waals surface area contributed by atoms with E-state index in [4.69, 9.17) is 0 Å². The summed E-state index contributed by atoms with van der Waals surface area (Å²) in [6.45, 7) is 4.51. The first kappa shape index (κ1) is 15.3. The molecule has 0 aliphatic rings. The molecule has 0 aliphatic carbocycles. The smallest absolute Gasteiger partial charge is 0.238 e. The van der Waals surface area contributed by atoms with Gasteiger partial charge in [-0.1, -0.05) is 49.4 Å². The molecule has 2 aromatic carbocycles. The second-order valence-corrected chi connectivity index (χ2v) is 5.11. The Bertz CT molecular complexity index is 564. The lowest BCUT2D eigenvalue weighted by atomic mass is 10.1. The lowest BCUT2D eigenvalue weighted by molar-refractivity contribution is -0.115. The zero-order valence-corrected chi connectivity index (χ0v) is 12.6. The van der Waals surface area contributed by atoms with E-state index in [0.29, 0.717) is 6.54 Å². The molecule has 2 aromatic rings. The van der Waals surface area contributed by atoms with Crippen LogP contribution in [0.1, 0.15) is 31.0 Å². The van der Waals surface area contributed by atoms with Crippen molar-refractivity contribution in [1.82, 2.24) is 5.32 Å². The van der Waals surface area contributed by atoms with Crippen LogP contribution in [0.4, 0.5) is 5.69 Å². The van der Waals surface area contributed by atoms with Crippen molar-refractivity contribution in [3.8, 4) is 0 Å². The van der Waals surface area contributed by atoms with Gasteiger partial charge >= 0.3 is 0 Å². The molecule has 1 atom stereocenters. The Balaban J connectivity index is 1.82.